The molecule has 4 rings (SSSR count). The molecule has 148 valence electrons. The van der Waals surface area contributed by atoms with Crippen LogP contribution in [0.1, 0.15) is 56.7 Å². The van der Waals surface area contributed by atoms with Crippen LogP contribution < -0.4 is 15.4 Å². The van der Waals surface area contributed by atoms with Crippen LogP contribution in [0.3, 0.4) is 0 Å². The van der Waals surface area contributed by atoms with Crippen LogP contribution >= 0.6 is 0 Å². The normalized spacial score (nSPS) is 18.4. The monoisotopic (exact) mass is 380 g/mol. The van der Waals surface area contributed by atoms with Gasteiger partial charge in [0.05, 0.1) is 12.2 Å². The first-order valence-corrected chi connectivity index (χ1v) is 10.1. The van der Waals surface area contributed by atoms with Gasteiger partial charge in [0.1, 0.15) is 6.10 Å². The molecule has 0 radical (unpaired) electrons. The number of nitrogens with zero attached hydrogens (tertiary/aromatic N) is 4. The summed E-state index contributed by atoms with van der Waals surface area (Å²) in [5.74, 6) is 0.961. The van der Waals surface area contributed by atoms with Crippen molar-refractivity contribution < 1.29 is 4.74 Å². The molecule has 0 saturated carbocycles. The standard InChI is InChI=1S/C21H28N6O/c1-14(2)18-13-23-27-19(18)25-21(28-17-10-7-11-22-12-17)26-20(27)24-15(3)16-8-5-4-6-9-16/h4-6,8-9,13-15,17,22H,7,10-12H2,1-3H3,(H,24,25,26). The van der Waals surface area contributed by atoms with E-state index in [4.69, 9.17) is 9.72 Å². The van der Waals surface area contributed by atoms with Crippen molar-refractivity contribution in [2.75, 3.05) is 18.4 Å². The van der Waals surface area contributed by atoms with Crippen LogP contribution in [0.4, 0.5) is 5.95 Å². The van der Waals surface area contributed by atoms with Crippen molar-refractivity contribution in [1.82, 2.24) is 24.9 Å². The van der Waals surface area contributed by atoms with Gasteiger partial charge < -0.3 is 15.4 Å². The van der Waals surface area contributed by atoms with Gasteiger partial charge in [-0.3, -0.25) is 0 Å². The number of benzene rings is 1. The maximum absolute atomic E-state index is 6.13. The average molecular weight is 380 g/mol. The van der Waals surface area contributed by atoms with E-state index >= 15 is 0 Å². The molecule has 0 bridgehead atoms. The van der Waals surface area contributed by atoms with Gasteiger partial charge in [-0.05, 0) is 37.8 Å². The summed E-state index contributed by atoms with van der Waals surface area (Å²) >= 11 is 0. The van der Waals surface area contributed by atoms with Crippen LogP contribution in [0.2, 0.25) is 0 Å². The van der Waals surface area contributed by atoms with Gasteiger partial charge in [0.2, 0.25) is 5.95 Å². The molecule has 1 aliphatic rings. The summed E-state index contributed by atoms with van der Waals surface area (Å²) in [6.07, 6.45) is 4.09. The van der Waals surface area contributed by atoms with Crippen molar-refractivity contribution in [3.8, 4) is 6.01 Å². The molecule has 1 aliphatic heterocycles. The summed E-state index contributed by atoms with van der Waals surface area (Å²) in [6, 6.07) is 10.8. The Bertz CT molecular complexity index is 917. The van der Waals surface area contributed by atoms with Gasteiger partial charge in [0.15, 0.2) is 5.65 Å². The molecule has 28 heavy (non-hydrogen) atoms. The zero-order chi connectivity index (χ0) is 19.5. The van der Waals surface area contributed by atoms with Crippen molar-refractivity contribution in [3.63, 3.8) is 0 Å². The fraction of sp³-hybridized carbons (Fsp3) is 0.476. The highest BCUT2D eigenvalue weighted by molar-refractivity contribution is 5.53. The van der Waals surface area contributed by atoms with E-state index < -0.39 is 0 Å². The molecule has 2 N–H and O–H groups in total. The van der Waals surface area contributed by atoms with Gasteiger partial charge in [-0.2, -0.15) is 19.6 Å². The van der Waals surface area contributed by atoms with Gasteiger partial charge in [0, 0.05) is 12.1 Å². The Morgan fingerprint density at radius 3 is 2.71 bits per heavy atom. The smallest absolute Gasteiger partial charge is 0.322 e. The molecule has 1 fully saturated rings. The molecule has 2 unspecified atom stereocenters. The highest BCUT2D eigenvalue weighted by Crippen LogP contribution is 2.25. The number of ether oxygens (including phenoxy) is 1. The lowest BCUT2D eigenvalue weighted by Crippen LogP contribution is -2.37. The molecule has 2 atom stereocenters. The third-order valence-corrected chi connectivity index (χ3v) is 5.17. The van der Waals surface area contributed by atoms with E-state index in [1.54, 1.807) is 4.52 Å². The Morgan fingerprint density at radius 1 is 1.18 bits per heavy atom. The quantitative estimate of drug-likeness (QED) is 0.681. The zero-order valence-corrected chi connectivity index (χ0v) is 16.7. The Balaban J connectivity index is 1.68. The molecule has 3 heterocycles. The Labute approximate surface area is 165 Å². The second-order valence-electron chi connectivity index (χ2n) is 7.68. The number of fused-ring (bicyclic) bond motifs is 1. The first kappa shape index (κ1) is 18.7. The van der Waals surface area contributed by atoms with Crippen molar-refractivity contribution in [2.45, 2.75) is 51.7 Å². The zero-order valence-electron chi connectivity index (χ0n) is 16.7. The predicted octanol–water partition coefficient (Wildman–Crippen LogP) is 3.55. The number of piperidine rings is 1. The number of rotatable bonds is 6. The van der Waals surface area contributed by atoms with Crippen molar-refractivity contribution in [2.24, 2.45) is 0 Å². The lowest BCUT2D eigenvalue weighted by molar-refractivity contribution is 0.153. The maximum atomic E-state index is 6.13. The number of aromatic nitrogens is 4. The van der Waals surface area contributed by atoms with E-state index in [1.165, 1.54) is 5.56 Å². The topological polar surface area (TPSA) is 76.4 Å². The second kappa shape index (κ2) is 8.14. The maximum Gasteiger partial charge on any atom is 0.322 e. The van der Waals surface area contributed by atoms with E-state index in [0.717, 1.165) is 37.1 Å². The molecule has 0 aliphatic carbocycles. The minimum absolute atomic E-state index is 0.0789. The number of nitrogens with one attached hydrogen (secondary N) is 2. The molecule has 1 aromatic carbocycles. The molecule has 0 spiro atoms. The first-order valence-electron chi connectivity index (χ1n) is 10.1. The Kier molecular flexibility index (Phi) is 5.43. The summed E-state index contributed by atoms with van der Waals surface area (Å²) in [5.41, 5.74) is 3.07. The van der Waals surface area contributed by atoms with Crippen molar-refractivity contribution in [3.05, 3.63) is 47.7 Å². The predicted molar refractivity (Wildman–Crippen MR) is 110 cm³/mol. The van der Waals surface area contributed by atoms with Gasteiger partial charge >= 0.3 is 6.01 Å². The largest absolute Gasteiger partial charge is 0.459 e. The number of hydrogen-bond donors (Lipinski definition) is 2. The summed E-state index contributed by atoms with van der Waals surface area (Å²) in [4.78, 5) is 9.35. The van der Waals surface area contributed by atoms with E-state index in [9.17, 15) is 0 Å². The third kappa shape index (κ3) is 3.94. The van der Waals surface area contributed by atoms with E-state index in [1.807, 2.05) is 24.4 Å². The molecular weight excluding hydrogens is 352 g/mol. The van der Waals surface area contributed by atoms with Crippen molar-refractivity contribution in [1.29, 1.82) is 0 Å². The van der Waals surface area contributed by atoms with E-state index in [0.29, 0.717) is 17.9 Å². The minimum atomic E-state index is 0.0789. The number of hydrogen-bond acceptors (Lipinski definition) is 6. The van der Waals surface area contributed by atoms with Gasteiger partial charge in [0.25, 0.3) is 0 Å². The van der Waals surface area contributed by atoms with Crippen LogP contribution in [0, 0.1) is 0 Å². The second-order valence-corrected chi connectivity index (χ2v) is 7.68. The third-order valence-electron chi connectivity index (χ3n) is 5.17. The molecular formula is C21H28N6O. The summed E-state index contributed by atoms with van der Waals surface area (Å²) < 4.78 is 7.91. The fourth-order valence-electron chi connectivity index (χ4n) is 3.52. The molecule has 7 heteroatoms. The molecule has 7 nitrogen and oxygen atoms in total. The van der Waals surface area contributed by atoms with Gasteiger partial charge in [-0.15, -0.1) is 0 Å². The SMILES string of the molecule is CC(C)c1cnn2c(NC(C)c3ccccc3)nc(OC3CCCNC3)nc12. The Hall–Kier alpha value is -2.67. The van der Waals surface area contributed by atoms with Crippen LogP contribution in [0.25, 0.3) is 5.65 Å². The van der Waals surface area contributed by atoms with E-state index in [-0.39, 0.29) is 12.1 Å². The fourth-order valence-corrected chi connectivity index (χ4v) is 3.52. The van der Waals surface area contributed by atoms with Crippen LogP contribution in [-0.4, -0.2) is 38.8 Å². The van der Waals surface area contributed by atoms with Crippen LogP contribution in [0.15, 0.2) is 36.5 Å². The Morgan fingerprint density at radius 2 is 2.00 bits per heavy atom. The van der Waals surface area contributed by atoms with Gasteiger partial charge in [-0.1, -0.05) is 44.2 Å². The summed E-state index contributed by atoms with van der Waals surface area (Å²) in [6.45, 7) is 8.27. The van der Waals surface area contributed by atoms with Crippen LogP contribution in [-0.2, 0) is 0 Å². The average Bonchev–Trinajstić information content (AvgIpc) is 3.14. The highest BCUT2D eigenvalue weighted by atomic mass is 16.5. The molecule has 1 saturated heterocycles. The van der Waals surface area contributed by atoms with E-state index in [2.05, 4.69) is 53.6 Å². The molecule has 3 aromatic rings. The summed E-state index contributed by atoms with van der Waals surface area (Å²) in [5, 5.41) is 11.4. The van der Waals surface area contributed by atoms with Gasteiger partial charge in [-0.25, -0.2) is 0 Å². The lowest BCUT2D eigenvalue weighted by atomic mass is 10.1. The highest BCUT2D eigenvalue weighted by Gasteiger charge is 2.20. The van der Waals surface area contributed by atoms with Crippen LogP contribution in [0.5, 0.6) is 6.01 Å². The molecule has 0 amide bonds. The summed E-state index contributed by atoms with van der Waals surface area (Å²) in [7, 11) is 0. The molecule has 2 aromatic heterocycles. The minimum Gasteiger partial charge on any atom is -0.459 e. The first-order chi connectivity index (χ1) is 13.6. The van der Waals surface area contributed by atoms with Crippen molar-refractivity contribution >= 4 is 11.6 Å². The lowest BCUT2D eigenvalue weighted by Gasteiger charge is -2.23. The number of anilines is 1.